The summed E-state index contributed by atoms with van der Waals surface area (Å²) in [6.45, 7) is 18.4. The van der Waals surface area contributed by atoms with E-state index >= 15 is 0 Å². The van der Waals surface area contributed by atoms with Gasteiger partial charge in [-0.25, -0.2) is 0 Å². The van der Waals surface area contributed by atoms with Crippen molar-refractivity contribution in [2.45, 2.75) is 68.7 Å². The van der Waals surface area contributed by atoms with Crippen LogP contribution in [0, 0.1) is 11.8 Å². The molecule has 9 heteroatoms. The lowest BCUT2D eigenvalue weighted by atomic mass is 9.66. The number of thioether (sulfide) groups is 1. The lowest BCUT2D eigenvalue weighted by Gasteiger charge is -2.39. The van der Waals surface area contributed by atoms with E-state index in [0.717, 1.165) is 36.4 Å². The van der Waals surface area contributed by atoms with Crippen molar-refractivity contribution < 1.29 is 19.5 Å². The van der Waals surface area contributed by atoms with Crippen LogP contribution in [0.25, 0.3) is 0 Å². The van der Waals surface area contributed by atoms with E-state index in [1.54, 1.807) is 45.5 Å². The number of benzene rings is 2. The van der Waals surface area contributed by atoms with Gasteiger partial charge in [0.1, 0.15) is 6.04 Å². The highest BCUT2D eigenvalue weighted by molar-refractivity contribution is 8.02. The summed E-state index contributed by atoms with van der Waals surface area (Å²) in [6.07, 6.45) is 4.78. The number of carbonyl (C=O) groups is 3. The minimum atomic E-state index is -0.832. The zero-order valence-electron chi connectivity index (χ0n) is 27.6. The molecule has 3 heterocycles. The molecule has 3 fully saturated rings. The Morgan fingerprint density at radius 2 is 1.63 bits per heavy atom. The summed E-state index contributed by atoms with van der Waals surface area (Å²) in [4.78, 5) is 51.4. The molecule has 46 heavy (non-hydrogen) atoms. The standard InChI is InChI=1S/C37H48N4O4S/c1-7-22-39(24-27-14-12-11-13-15-27)33(43)30-31-34(44)41(26(5)25-42)32(37(31)21-20-36(30,6)46-37)35(45)40(23-8-2)29-18-16-28(17-19-29)38(9-3)10-4/h7-8,11-19,26,30-32,42H,1-2,9-10,20-25H2,3-6H3/t26-,30-,31+,32?,36+,37?/m1/s1. The molecule has 5 rings (SSSR count). The molecule has 246 valence electrons. The van der Waals surface area contributed by atoms with Crippen LogP contribution in [0.1, 0.15) is 46.1 Å². The van der Waals surface area contributed by atoms with Crippen LogP contribution in [-0.4, -0.2) is 87.0 Å². The third kappa shape index (κ3) is 5.66. The van der Waals surface area contributed by atoms with Gasteiger partial charge in [0.15, 0.2) is 0 Å². The van der Waals surface area contributed by atoms with Crippen LogP contribution in [0.15, 0.2) is 79.9 Å². The third-order valence-corrected chi connectivity index (χ3v) is 12.2. The van der Waals surface area contributed by atoms with E-state index in [0.29, 0.717) is 19.5 Å². The second-order valence-electron chi connectivity index (χ2n) is 12.9. The van der Waals surface area contributed by atoms with E-state index in [-0.39, 0.29) is 30.9 Å². The van der Waals surface area contributed by atoms with Gasteiger partial charge in [-0.15, -0.1) is 24.9 Å². The number of hydrogen-bond donors (Lipinski definition) is 1. The van der Waals surface area contributed by atoms with E-state index in [9.17, 15) is 19.5 Å². The first kappa shape index (κ1) is 33.8. The quantitative estimate of drug-likeness (QED) is 0.287. The topological polar surface area (TPSA) is 84.4 Å². The van der Waals surface area contributed by atoms with Crippen LogP contribution >= 0.6 is 11.8 Å². The molecule has 2 unspecified atom stereocenters. The monoisotopic (exact) mass is 644 g/mol. The maximum atomic E-state index is 14.9. The van der Waals surface area contributed by atoms with Crippen molar-refractivity contribution in [3.8, 4) is 0 Å². The number of aliphatic hydroxyl groups excluding tert-OH is 1. The summed E-state index contributed by atoms with van der Waals surface area (Å²) in [7, 11) is 0. The number of carbonyl (C=O) groups excluding carboxylic acids is 3. The summed E-state index contributed by atoms with van der Waals surface area (Å²) in [5.41, 5.74) is 2.80. The summed E-state index contributed by atoms with van der Waals surface area (Å²) in [5.74, 6) is -1.79. The Morgan fingerprint density at radius 3 is 2.22 bits per heavy atom. The first-order chi connectivity index (χ1) is 22.1. The molecule has 2 bridgehead atoms. The third-order valence-electron chi connectivity index (χ3n) is 10.2. The predicted molar refractivity (Wildman–Crippen MR) is 187 cm³/mol. The summed E-state index contributed by atoms with van der Waals surface area (Å²) < 4.78 is -1.30. The number of fused-ring (bicyclic) bond motifs is 1. The van der Waals surface area contributed by atoms with Gasteiger partial charge in [-0.1, -0.05) is 42.5 Å². The van der Waals surface area contributed by atoms with Crippen molar-refractivity contribution in [3.63, 3.8) is 0 Å². The van der Waals surface area contributed by atoms with Gasteiger partial charge in [-0.05, 0) is 70.4 Å². The van der Waals surface area contributed by atoms with Crippen LogP contribution in [0.5, 0.6) is 0 Å². The fraction of sp³-hybridized carbons (Fsp3) is 0.486. The smallest absolute Gasteiger partial charge is 0.251 e. The Labute approximate surface area is 278 Å². The van der Waals surface area contributed by atoms with Gasteiger partial charge in [0, 0.05) is 48.8 Å². The Balaban J connectivity index is 1.54. The van der Waals surface area contributed by atoms with Crippen molar-refractivity contribution in [1.82, 2.24) is 9.80 Å². The second kappa shape index (κ2) is 13.7. The van der Waals surface area contributed by atoms with Gasteiger partial charge in [-0.3, -0.25) is 14.4 Å². The van der Waals surface area contributed by atoms with Gasteiger partial charge in [-0.2, -0.15) is 0 Å². The molecule has 0 aliphatic carbocycles. The predicted octanol–water partition coefficient (Wildman–Crippen LogP) is 5.13. The fourth-order valence-corrected chi connectivity index (χ4v) is 10.3. The summed E-state index contributed by atoms with van der Waals surface area (Å²) in [6, 6.07) is 16.3. The number of hydrogen-bond acceptors (Lipinski definition) is 6. The number of amides is 3. The van der Waals surface area contributed by atoms with E-state index in [2.05, 4.69) is 38.8 Å². The van der Waals surface area contributed by atoms with Crippen LogP contribution in [0.3, 0.4) is 0 Å². The Bertz CT molecular complexity index is 1450. The first-order valence-corrected chi connectivity index (χ1v) is 17.3. The van der Waals surface area contributed by atoms with Crippen molar-refractivity contribution >= 4 is 40.9 Å². The summed E-state index contributed by atoms with van der Waals surface area (Å²) >= 11 is 1.65. The molecule has 3 aliphatic heterocycles. The van der Waals surface area contributed by atoms with E-state index in [4.69, 9.17) is 0 Å². The van der Waals surface area contributed by atoms with E-state index < -0.39 is 33.4 Å². The Kier molecular flexibility index (Phi) is 10.0. The number of nitrogens with zero attached hydrogens (tertiary/aromatic N) is 4. The van der Waals surface area contributed by atoms with Crippen LogP contribution in [0.4, 0.5) is 11.4 Å². The zero-order chi connectivity index (χ0) is 33.2. The summed E-state index contributed by atoms with van der Waals surface area (Å²) in [5, 5.41) is 10.3. The largest absolute Gasteiger partial charge is 0.394 e. The van der Waals surface area contributed by atoms with Gasteiger partial charge < -0.3 is 24.7 Å². The van der Waals surface area contributed by atoms with Crippen molar-refractivity contribution in [1.29, 1.82) is 0 Å². The maximum absolute atomic E-state index is 14.9. The van der Waals surface area contributed by atoms with Crippen molar-refractivity contribution in [2.75, 3.05) is 42.6 Å². The highest BCUT2D eigenvalue weighted by Gasteiger charge is 2.78. The lowest BCUT2D eigenvalue weighted by Crippen LogP contribution is -2.57. The minimum Gasteiger partial charge on any atom is -0.394 e. The molecule has 6 atom stereocenters. The van der Waals surface area contributed by atoms with Gasteiger partial charge in [0.25, 0.3) is 5.91 Å². The molecule has 3 amide bonds. The molecule has 1 spiro atoms. The minimum absolute atomic E-state index is 0.0849. The van der Waals surface area contributed by atoms with Crippen LogP contribution < -0.4 is 9.80 Å². The number of likely N-dealkylation sites (tertiary alicyclic amines) is 1. The fourth-order valence-electron chi connectivity index (χ4n) is 8.00. The Hall–Kier alpha value is -3.56. The molecule has 3 saturated heterocycles. The molecule has 2 aromatic rings. The zero-order valence-corrected chi connectivity index (χ0v) is 28.4. The first-order valence-electron chi connectivity index (χ1n) is 16.4. The lowest BCUT2D eigenvalue weighted by molar-refractivity contribution is -0.146. The van der Waals surface area contributed by atoms with Gasteiger partial charge >= 0.3 is 0 Å². The Morgan fingerprint density at radius 1 is 1.00 bits per heavy atom. The SMILES string of the molecule is C=CCN(Cc1ccccc1)C(=O)[C@H]1[C@H]2C(=O)N([C@H](C)CO)C(C(=O)N(CC=C)c3ccc(N(CC)CC)cc3)C23CC[C@]1(C)S3. The molecular weight excluding hydrogens is 596 g/mol. The van der Waals surface area contributed by atoms with Gasteiger partial charge in [0.2, 0.25) is 11.8 Å². The van der Waals surface area contributed by atoms with E-state index in [1.165, 1.54) is 0 Å². The highest BCUT2D eigenvalue weighted by Crippen LogP contribution is 2.72. The molecule has 1 N–H and O–H groups in total. The number of anilines is 2. The molecular formula is C37H48N4O4S. The number of rotatable bonds is 14. The van der Waals surface area contributed by atoms with Crippen LogP contribution in [0.2, 0.25) is 0 Å². The molecule has 2 aromatic carbocycles. The average molecular weight is 645 g/mol. The van der Waals surface area contributed by atoms with Crippen molar-refractivity contribution in [3.05, 3.63) is 85.5 Å². The van der Waals surface area contributed by atoms with Gasteiger partial charge in [0.05, 0.1) is 29.2 Å². The van der Waals surface area contributed by atoms with Crippen LogP contribution in [-0.2, 0) is 20.9 Å². The number of aliphatic hydroxyl groups is 1. The van der Waals surface area contributed by atoms with Crippen molar-refractivity contribution in [2.24, 2.45) is 11.8 Å². The van der Waals surface area contributed by atoms with E-state index in [1.807, 2.05) is 54.6 Å². The molecule has 8 nitrogen and oxygen atoms in total. The maximum Gasteiger partial charge on any atom is 0.251 e. The molecule has 0 saturated carbocycles. The normalized spacial score (nSPS) is 26.8. The molecule has 0 radical (unpaired) electrons. The average Bonchev–Trinajstić information content (AvgIpc) is 3.64. The highest BCUT2D eigenvalue weighted by atomic mass is 32.2. The second-order valence-corrected chi connectivity index (χ2v) is 14.8. The molecule has 3 aliphatic rings. The molecule has 0 aromatic heterocycles.